The van der Waals surface area contributed by atoms with E-state index in [4.69, 9.17) is 5.73 Å². The summed E-state index contributed by atoms with van der Waals surface area (Å²) in [6.07, 6.45) is 0.974. The van der Waals surface area contributed by atoms with Crippen molar-refractivity contribution in [3.63, 3.8) is 0 Å². The van der Waals surface area contributed by atoms with Crippen LogP contribution in [0, 0.1) is 0 Å². The molecule has 0 aromatic carbocycles. The number of thioether (sulfide) groups is 2. The summed E-state index contributed by atoms with van der Waals surface area (Å²) in [7, 11) is 1.23. The molecule has 0 bridgehead atoms. The number of fused-ring (bicyclic) bond motifs is 1. The Morgan fingerprint density at radius 3 is 2.82 bits per heavy atom. The van der Waals surface area contributed by atoms with E-state index in [9.17, 15) is 29.5 Å². The van der Waals surface area contributed by atoms with E-state index in [1.165, 1.54) is 24.3 Å². The maximum atomic E-state index is 12.7. The zero-order chi connectivity index (χ0) is 24.1. The van der Waals surface area contributed by atoms with Gasteiger partial charge in [0.1, 0.15) is 17.1 Å². The number of oxime groups is 1. The van der Waals surface area contributed by atoms with Crippen LogP contribution < -0.4 is 51.0 Å². The maximum Gasteiger partial charge on any atom is 1.00 e. The molecular formula is C17H17N6NaO7S3. The van der Waals surface area contributed by atoms with Gasteiger partial charge >= 0.3 is 35.7 Å². The summed E-state index contributed by atoms with van der Waals surface area (Å²) in [5.41, 5.74) is 4.86. The molecule has 176 valence electrons. The molecule has 3 rings (SSSR count). The van der Waals surface area contributed by atoms with Crippen molar-refractivity contribution in [2.24, 2.45) is 5.16 Å². The van der Waals surface area contributed by atoms with E-state index >= 15 is 0 Å². The zero-order valence-corrected chi connectivity index (χ0v) is 22.3. The molecule has 2 atom stereocenters. The Bertz CT molecular complexity index is 1080. The summed E-state index contributed by atoms with van der Waals surface area (Å²) in [5, 5.41) is 31.2. The molecule has 34 heavy (non-hydrogen) atoms. The number of alkyl carbamates (subject to hydrolysis) is 1. The van der Waals surface area contributed by atoms with E-state index in [-0.39, 0.29) is 58.4 Å². The quantitative estimate of drug-likeness (QED) is 0.0827. The summed E-state index contributed by atoms with van der Waals surface area (Å²) in [4.78, 5) is 53.2. The van der Waals surface area contributed by atoms with Crippen LogP contribution in [-0.4, -0.2) is 75.5 Å². The van der Waals surface area contributed by atoms with Crippen molar-refractivity contribution in [3.05, 3.63) is 33.2 Å². The first-order valence-corrected chi connectivity index (χ1v) is 11.9. The number of nitrogen functional groups attached to an aromatic ring is 1. The summed E-state index contributed by atoms with van der Waals surface area (Å²) >= 11 is 3.36. The van der Waals surface area contributed by atoms with Crippen LogP contribution in [0.3, 0.4) is 0 Å². The number of nitrogens with two attached hydrogens (primary N) is 1. The molecule has 5 N–H and O–H groups in total. The number of hydrogen-bond acceptors (Lipinski definition) is 13. The molecule has 0 radical (unpaired) electrons. The number of methoxy groups -OCH3 is 1. The fraction of sp³-hybridized carbons (Fsp3) is 0.294. The van der Waals surface area contributed by atoms with Crippen LogP contribution >= 0.6 is 34.9 Å². The number of carboxylic acids is 1. The number of aromatic nitrogens is 1. The third kappa shape index (κ3) is 6.05. The molecule has 0 spiro atoms. The van der Waals surface area contributed by atoms with Gasteiger partial charge in [0.25, 0.3) is 11.8 Å². The Balaban J connectivity index is 0.00000408. The van der Waals surface area contributed by atoms with Gasteiger partial charge in [-0.1, -0.05) is 23.0 Å². The minimum absolute atomic E-state index is 0. The average Bonchev–Trinajstić information content (AvgIpc) is 3.22. The van der Waals surface area contributed by atoms with Crippen molar-refractivity contribution in [2.45, 2.75) is 11.4 Å². The monoisotopic (exact) mass is 536 g/mol. The van der Waals surface area contributed by atoms with E-state index in [0.29, 0.717) is 4.91 Å². The van der Waals surface area contributed by atoms with Gasteiger partial charge in [0.15, 0.2) is 10.8 Å². The van der Waals surface area contributed by atoms with Gasteiger partial charge in [-0.2, -0.15) is 0 Å². The Hall–Kier alpha value is -2.24. The predicted octanol–water partition coefficient (Wildman–Crippen LogP) is -4.13. The van der Waals surface area contributed by atoms with Crippen molar-refractivity contribution in [1.29, 1.82) is 0 Å². The molecule has 0 saturated carbocycles. The van der Waals surface area contributed by atoms with E-state index in [2.05, 4.69) is 25.5 Å². The average molecular weight is 537 g/mol. The fourth-order valence-electron chi connectivity index (χ4n) is 2.88. The first-order chi connectivity index (χ1) is 15.8. The number of β-lactam (4-membered cyclic amide) rings is 1. The molecule has 0 aliphatic carbocycles. The van der Waals surface area contributed by atoms with Crippen molar-refractivity contribution < 1.29 is 63.8 Å². The van der Waals surface area contributed by atoms with Crippen LogP contribution in [0.4, 0.5) is 9.93 Å². The molecule has 1 aromatic rings. The second-order valence-corrected chi connectivity index (χ2v) is 9.30. The van der Waals surface area contributed by atoms with Crippen LogP contribution in [0.2, 0.25) is 0 Å². The number of carbonyl (C=O) groups excluding carboxylic acids is 4. The molecule has 17 heteroatoms. The van der Waals surface area contributed by atoms with E-state index in [1.54, 1.807) is 11.5 Å². The van der Waals surface area contributed by atoms with Gasteiger partial charge in [-0.25, -0.2) is 9.78 Å². The smallest absolute Gasteiger partial charge is 0.543 e. The molecule has 13 nitrogen and oxygen atoms in total. The molecule has 3 heterocycles. The van der Waals surface area contributed by atoms with Gasteiger partial charge < -0.3 is 36.2 Å². The topological polar surface area (TPSA) is 199 Å². The summed E-state index contributed by atoms with van der Waals surface area (Å²) < 4.78 is 4.43. The van der Waals surface area contributed by atoms with Crippen LogP contribution in [0.15, 0.2) is 32.6 Å². The van der Waals surface area contributed by atoms with Crippen molar-refractivity contribution in [2.75, 3.05) is 25.1 Å². The van der Waals surface area contributed by atoms with Gasteiger partial charge in [-0.15, -0.1) is 23.1 Å². The van der Waals surface area contributed by atoms with Gasteiger partial charge in [0, 0.05) is 22.6 Å². The van der Waals surface area contributed by atoms with E-state index in [1.807, 2.05) is 0 Å². The zero-order valence-electron chi connectivity index (χ0n) is 17.8. The minimum Gasteiger partial charge on any atom is -0.543 e. The maximum absolute atomic E-state index is 12.7. The largest absolute Gasteiger partial charge is 1.00 e. The Labute approximate surface area is 227 Å². The number of nitrogens with one attached hydrogen (secondary N) is 2. The third-order valence-corrected chi connectivity index (χ3v) is 7.44. The second kappa shape index (κ2) is 12.5. The molecule has 1 saturated heterocycles. The van der Waals surface area contributed by atoms with Crippen LogP contribution in [0.25, 0.3) is 0 Å². The number of anilines is 1. The first-order valence-electron chi connectivity index (χ1n) is 9.05. The number of thiazole rings is 1. The standard InChI is InChI=1S/C17H18N6O7S3.Na/c1-30-17(28)19-3-2-4-31-8-6-32-14-10(13(25)23(14)11(8)15(26)27)21-12(24)9(22-29)7-5-33-16(18)20-7;/h2,4-5,10,14,29H,3,6H2,1H3,(H2,18,20)(H,19,28)(H,21,24)(H,26,27);/q;+1/p-1/b4-2-,22-9-;/t10?,14-;/m1./s1. The minimum atomic E-state index is -1.53. The number of rotatable bonds is 8. The Kier molecular flexibility index (Phi) is 10.3. The van der Waals surface area contributed by atoms with Crippen LogP contribution in [-0.2, 0) is 19.1 Å². The number of nitrogens with zero attached hydrogens (tertiary/aromatic N) is 3. The Morgan fingerprint density at radius 2 is 2.24 bits per heavy atom. The summed E-state index contributed by atoms with van der Waals surface area (Å²) in [6, 6.07) is -1.03. The predicted molar refractivity (Wildman–Crippen MR) is 119 cm³/mol. The van der Waals surface area contributed by atoms with Crippen LogP contribution in [0.1, 0.15) is 5.69 Å². The summed E-state index contributed by atoms with van der Waals surface area (Å²) in [5.74, 6) is -2.80. The molecule has 1 fully saturated rings. The number of aliphatic carboxylic acids is 1. The molecular weight excluding hydrogens is 519 g/mol. The number of carboxylic acid groups (broad SMARTS) is 1. The Morgan fingerprint density at radius 1 is 1.50 bits per heavy atom. The molecule has 1 unspecified atom stereocenters. The molecule has 3 amide bonds. The van der Waals surface area contributed by atoms with E-state index in [0.717, 1.165) is 28.0 Å². The summed E-state index contributed by atoms with van der Waals surface area (Å²) in [6.45, 7) is 0.166. The normalized spacial score (nSPS) is 19.7. The van der Waals surface area contributed by atoms with E-state index < -0.39 is 41.0 Å². The van der Waals surface area contributed by atoms with Gasteiger partial charge in [-0.05, 0) is 5.41 Å². The van der Waals surface area contributed by atoms with Crippen molar-refractivity contribution in [3.8, 4) is 0 Å². The molecule has 2 aliphatic heterocycles. The third-order valence-electron chi connectivity index (χ3n) is 4.35. The molecule has 1 aromatic heterocycles. The number of carbonyl (C=O) groups is 4. The SMILES string of the molecule is COC(=O)NC/C=C\SC1=C(C(=O)[O-])N2C(=O)C(NC(=O)/C(=N\O)c3csc(N)n3)[C@H]2SC1.[Na+]. The van der Waals surface area contributed by atoms with Gasteiger partial charge in [0.2, 0.25) is 0 Å². The number of amides is 3. The molecule has 2 aliphatic rings. The second-order valence-electron chi connectivity index (χ2n) is 6.30. The van der Waals surface area contributed by atoms with Crippen LogP contribution in [0.5, 0.6) is 0 Å². The number of hydrogen-bond donors (Lipinski definition) is 4. The van der Waals surface area contributed by atoms with Gasteiger partial charge in [0.05, 0.1) is 18.8 Å². The van der Waals surface area contributed by atoms with Crippen molar-refractivity contribution in [1.82, 2.24) is 20.5 Å². The van der Waals surface area contributed by atoms with Crippen molar-refractivity contribution >= 4 is 69.6 Å². The first kappa shape index (κ1) is 28.0. The number of ether oxygens (including phenoxy) is 1. The van der Waals surface area contributed by atoms with Gasteiger partial charge in [-0.3, -0.25) is 14.5 Å². The fourth-order valence-corrected chi connectivity index (χ4v) is 5.75.